The van der Waals surface area contributed by atoms with Crippen LogP contribution in [0.1, 0.15) is 12.5 Å². The maximum atomic E-state index is 13.0. The summed E-state index contributed by atoms with van der Waals surface area (Å²) in [6, 6.07) is 8.78. The van der Waals surface area contributed by atoms with Crippen LogP contribution in [0.15, 0.2) is 46.5 Å². The van der Waals surface area contributed by atoms with E-state index < -0.39 is 6.04 Å². The molecule has 0 radical (unpaired) electrons. The molecule has 1 aromatic rings. The molecule has 0 spiro atoms. The third-order valence-electron chi connectivity index (χ3n) is 4.55. The molecule has 0 aliphatic carbocycles. The van der Waals surface area contributed by atoms with E-state index in [1.807, 2.05) is 54.0 Å². The average molecular weight is 351 g/mol. The number of carbonyl (C=O) groups excluding carboxylic acids is 2. The molecule has 3 heterocycles. The number of nitrogens with one attached hydrogen (secondary N) is 1. The number of urea groups is 1. The van der Waals surface area contributed by atoms with E-state index in [4.69, 9.17) is 0 Å². The molecule has 26 heavy (non-hydrogen) atoms. The molecule has 1 atom stereocenters. The van der Waals surface area contributed by atoms with Crippen LogP contribution < -0.4 is 5.43 Å². The number of guanidine groups is 1. The van der Waals surface area contributed by atoms with Gasteiger partial charge >= 0.3 is 12.0 Å². The normalized spacial score (nSPS) is 22.3. The maximum Gasteiger partial charge on any atom is 0.414 e. The number of hydrogen-bond donors (Lipinski definition) is 1. The number of likely N-dealkylation sites (N-methyl/N-ethyl adjacent to an activating group) is 1. The molecule has 132 valence electrons. The zero-order valence-corrected chi connectivity index (χ0v) is 14.6. The highest BCUT2D eigenvalue weighted by Crippen LogP contribution is 2.20. The van der Waals surface area contributed by atoms with Gasteiger partial charge in [-0.25, -0.2) is 9.37 Å². The second-order valence-electron chi connectivity index (χ2n) is 6.39. The molecule has 8 nitrogen and oxygen atoms in total. The molecular formula is C18H19N6O2+. The van der Waals surface area contributed by atoms with Gasteiger partial charge in [0.25, 0.3) is 5.91 Å². The number of fused-ring (bicyclic) bond motifs is 2. The van der Waals surface area contributed by atoms with Crippen LogP contribution in [0.5, 0.6) is 0 Å². The molecule has 0 aromatic heterocycles. The fourth-order valence-corrected chi connectivity index (χ4v) is 3.23. The van der Waals surface area contributed by atoms with Gasteiger partial charge in [-0.15, -0.1) is 5.10 Å². The molecule has 3 amide bonds. The molecule has 1 unspecified atom stereocenters. The van der Waals surface area contributed by atoms with Crippen LogP contribution in [-0.2, 0) is 4.79 Å². The number of amidine groups is 1. The minimum atomic E-state index is -0.601. The number of hydrazone groups is 1. The van der Waals surface area contributed by atoms with Crippen LogP contribution in [0, 0.1) is 0 Å². The number of hydrogen-bond acceptors (Lipinski definition) is 5. The molecule has 1 fully saturated rings. The summed E-state index contributed by atoms with van der Waals surface area (Å²) in [5, 5.41) is 4.14. The molecule has 1 saturated heterocycles. The van der Waals surface area contributed by atoms with E-state index in [1.54, 1.807) is 7.05 Å². The van der Waals surface area contributed by atoms with Crippen molar-refractivity contribution in [3.8, 4) is 0 Å². The molecule has 4 rings (SSSR count). The molecule has 3 aliphatic rings. The number of rotatable bonds is 3. The molecule has 1 aromatic carbocycles. The summed E-state index contributed by atoms with van der Waals surface area (Å²) >= 11 is 0. The lowest BCUT2D eigenvalue weighted by atomic mass is 10.1. The summed E-state index contributed by atoms with van der Waals surface area (Å²) in [5.41, 5.74) is 4.71. The predicted molar refractivity (Wildman–Crippen MR) is 98.0 cm³/mol. The summed E-state index contributed by atoms with van der Waals surface area (Å²) in [7, 11) is 1.64. The molecule has 8 heteroatoms. The van der Waals surface area contributed by atoms with Crippen molar-refractivity contribution in [1.29, 1.82) is 0 Å². The van der Waals surface area contributed by atoms with Crippen molar-refractivity contribution in [3.63, 3.8) is 0 Å². The van der Waals surface area contributed by atoms with Crippen LogP contribution in [0.4, 0.5) is 4.79 Å². The van der Waals surface area contributed by atoms with Crippen LogP contribution >= 0.6 is 0 Å². The van der Waals surface area contributed by atoms with Crippen LogP contribution in [0.2, 0.25) is 0 Å². The first-order chi connectivity index (χ1) is 12.6. The van der Waals surface area contributed by atoms with Crippen molar-refractivity contribution in [3.05, 3.63) is 42.0 Å². The fourth-order valence-electron chi connectivity index (χ4n) is 3.23. The van der Waals surface area contributed by atoms with E-state index in [0.717, 1.165) is 11.3 Å². The highest BCUT2D eigenvalue weighted by atomic mass is 16.2. The third kappa shape index (κ3) is 2.59. The van der Waals surface area contributed by atoms with E-state index in [-0.39, 0.29) is 18.5 Å². The summed E-state index contributed by atoms with van der Waals surface area (Å²) in [6.45, 7) is 2.59. The summed E-state index contributed by atoms with van der Waals surface area (Å²) in [5.74, 6) is 0.678. The highest BCUT2D eigenvalue weighted by molar-refractivity contribution is 6.23. The van der Waals surface area contributed by atoms with Gasteiger partial charge in [-0.2, -0.15) is 5.43 Å². The summed E-state index contributed by atoms with van der Waals surface area (Å²) in [6.07, 6.45) is 3.72. The number of imide groups is 1. The number of nitrogens with zero attached hydrogens (tertiary/aromatic N) is 5. The van der Waals surface area contributed by atoms with Gasteiger partial charge in [-0.1, -0.05) is 47.5 Å². The minimum Gasteiger partial charge on any atom is -0.270 e. The smallest absolute Gasteiger partial charge is 0.270 e. The first-order valence-corrected chi connectivity index (χ1v) is 8.38. The van der Waals surface area contributed by atoms with Crippen LogP contribution in [0.25, 0.3) is 6.08 Å². The van der Waals surface area contributed by atoms with E-state index in [9.17, 15) is 9.59 Å². The van der Waals surface area contributed by atoms with Crippen molar-refractivity contribution < 1.29 is 14.2 Å². The van der Waals surface area contributed by atoms with Gasteiger partial charge in [-0.3, -0.25) is 14.6 Å². The van der Waals surface area contributed by atoms with E-state index in [1.165, 1.54) is 9.80 Å². The lowest BCUT2D eigenvalue weighted by Gasteiger charge is -2.33. The zero-order valence-electron chi connectivity index (χ0n) is 14.6. The maximum absolute atomic E-state index is 13.0. The van der Waals surface area contributed by atoms with Crippen molar-refractivity contribution in [2.45, 2.75) is 13.0 Å². The predicted octanol–water partition coefficient (Wildman–Crippen LogP) is 0.722. The van der Waals surface area contributed by atoms with Gasteiger partial charge in [0.15, 0.2) is 0 Å². The van der Waals surface area contributed by atoms with Gasteiger partial charge < -0.3 is 0 Å². The average Bonchev–Trinajstić information content (AvgIpc) is 3.02. The highest BCUT2D eigenvalue weighted by Gasteiger charge is 2.52. The number of amides is 3. The first kappa shape index (κ1) is 16.2. The second kappa shape index (κ2) is 6.21. The van der Waals surface area contributed by atoms with Gasteiger partial charge in [0, 0.05) is 13.6 Å². The lowest BCUT2D eigenvalue weighted by Crippen LogP contribution is -2.63. The van der Waals surface area contributed by atoms with Crippen molar-refractivity contribution in [2.75, 3.05) is 20.1 Å². The Morgan fingerprint density at radius 3 is 2.85 bits per heavy atom. The molecule has 3 aliphatic heterocycles. The Labute approximate surface area is 150 Å². The third-order valence-corrected chi connectivity index (χ3v) is 4.55. The zero-order chi connectivity index (χ0) is 18.3. The van der Waals surface area contributed by atoms with Gasteiger partial charge in [0.2, 0.25) is 11.9 Å². The molecule has 0 saturated carbocycles. The Hall–Kier alpha value is -3.29. The topological polar surface area (TPSA) is 80.4 Å². The Bertz CT molecular complexity index is 900. The molecule has 0 bridgehead atoms. The minimum absolute atomic E-state index is 0.213. The van der Waals surface area contributed by atoms with Crippen LogP contribution in [-0.4, -0.2) is 70.0 Å². The van der Waals surface area contributed by atoms with E-state index >= 15 is 0 Å². The van der Waals surface area contributed by atoms with E-state index in [0.29, 0.717) is 18.3 Å². The van der Waals surface area contributed by atoms with Gasteiger partial charge in [0.1, 0.15) is 6.54 Å². The van der Waals surface area contributed by atoms with Gasteiger partial charge in [-0.05, 0) is 12.5 Å². The van der Waals surface area contributed by atoms with Crippen molar-refractivity contribution in [1.82, 2.24) is 15.2 Å². The quantitative estimate of drug-likeness (QED) is 0.815. The number of carbonyl (C=O) groups is 2. The Kier molecular flexibility index (Phi) is 3.87. The largest absolute Gasteiger partial charge is 0.414 e. The molecular weight excluding hydrogens is 332 g/mol. The fraction of sp³-hybridized carbons (Fsp3) is 0.278. The molecule has 1 N–H and O–H groups in total. The van der Waals surface area contributed by atoms with Crippen molar-refractivity contribution >= 4 is 35.5 Å². The summed E-state index contributed by atoms with van der Waals surface area (Å²) in [4.78, 5) is 32.7. The van der Waals surface area contributed by atoms with E-state index in [2.05, 4.69) is 15.5 Å². The number of benzene rings is 1. The lowest BCUT2D eigenvalue weighted by molar-refractivity contribution is -0.524. The monoisotopic (exact) mass is 351 g/mol. The standard InChI is InChI=1S/C18H18N6O2/c1-12-11-24-14-15(19-17(24)21-20-12)22(2)18(26)23(16(14)25)10-6-9-13-7-4-3-5-8-13/h3-9,14H,10-11H2,1-2H3/p+1/b9-6+. The van der Waals surface area contributed by atoms with Gasteiger partial charge in [0.05, 0.1) is 5.71 Å². The number of aliphatic imine (C=N–C) groups is 1. The van der Waals surface area contributed by atoms with Crippen molar-refractivity contribution in [2.24, 2.45) is 10.1 Å². The first-order valence-electron chi connectivity index (χ1n) is 8.38. The summed E-state index contributed by atoms with van der Waals surface area (Å²) < 4.78 is 1.84. The Morgan fingerprint density at radius 2 is 2.08 bits per heavy atom. The second-order valence-corrected chi connectivity index (χ2v) is 6.39. The Balaban J connectivity index is 1.57. The Morgan fingerprint density at radius 1 is 1.31 bits per heavy atom. The van der Waals surface area contributed by atoms with Crippen LogP contribution in [0.3, 0.4) is 0 Å². The SMILES string of the molecule is CC1=NNC2=[N+](C1)C1C(=O)N(C/C=C/c3ccccc3)C(=O)N(C)C1=N2.